The molecule has 0 bridgehead atoms. The van der Waals surface area contributed by atoms with Crippen LogP contribution in [-0.2, 0) is 23.9 Å². The van der Waals surface area contributed by atoms with Gasteiger partial charge in [0.2, 0.25) is 5.92 Å². The number of halogens is 5. The quantitative estimate of drug-likeness (QED) is 0.589. The number of anilines is 1. The van der Waals surface area contributed by atoms with E-state index in [0.29, 0.717) is 43.2 Å². The lowest BCUT2D eigenvalue weighted by molar-refractivity contribution is -0.137. The van der Waals surface area contributed by atoms with Gasteiger partial charge in [-0.1, -0.05) is 0 Å². The maximum Gasteiger partial charge on any atom is 0.416 e. The normalized spacial score (nSPS) is 20.7. The van der Waals surface area contributed by atoms with Gasteiger partial charge in [0.05, 0.1) is 17.8 Å². The summed E-state index contributed by atoms with van der Waals surface area (Å²) in [5, 5.41) is 18.0. The molecule has 2 aromatic rings. The third-order valence-electron chi connectivity index (χ3n) is 5.96. The predicted molar refractivity (Wildman–Crippen MR) is 102 cm³/mol. The van der Waals surface area contributed by atoms with Crippen molar-refractivity contribution < 1.29 is 31.8 Å². The summed E-state index contributed by atoms with van der Waals surface area (Å²) in [5.41, 5.74) is 6.77. The van der Waals surface area contributed by atoms with E-state index < -0.39 is 23.4 Å². The molecule has 0 unspecified atom stereocenters. The van der Waals surface area contributed by atoms with Crippen molar-refractivity contribution in [1.82, 2.24) is 10.2 Å². The number of nitrogen functional groups attached to an aromatic ring is 1. The van der Waals surface area contributed by atoms with Gasteiger partial charge in [-0.05, 0) is 49.4 Å². The number of nitrogens with two attached hydrogens (primary N) is 1. The zero-order chi connectivity index (χ0) is 22.4. The van der Waals surface area contributed by atoms with Crippen LogP contribution in [0.25, 0.3) is 11.3 Å². The minimum Gasteiger partial charge on any atom is -0.507 e. The van der Waals surface area contributed by atoms with Gasteiger partial charge in [-0.15, -0.1) is 10.2 Å². The number of aromatic hydroxyl groups is 1. The molecule has 2 aliphatic carbocycles. The minimum atomic E-state index is -4.52. The van der Waals surface area contributed by atoms with Crippen LogP contribution in [0.15, 0.2) is 18.2 Å². The van der Waals surface area contributed by atoms with Gasteiger partial charge >= 0.3 is 6.18 Å². The number of benzene rings is 1. The highest BCUT2D eigenvalue weighted by Gasteiger charge is 2.48. The van der Waals surface area contributed by atoms with E-state index >= 15 is 0 Å². The molecule has 2 saturated carbocycles. The molecular formula is C21H22F5N3O2. The molecule has 0 atom stereocenters. The van der Waals surface area contributed by atoms with Gasteiger partial charge in [0.25, 0.3) is 0 Å². The van der Waals surface area contributed by atoms with E-state index in [4.69, 9.17) is 10.5 Å². The van der Waals surface area contributed by atoms with E-state index in [-0.39, 0.29) is 29.8 Å². The SMILES string of the molecule is FC1(F)CCCC1.Nc1nnc(-c2ccc(C(F)(F)F)cc2O)c2c1COC1(CC1)C2. The van der Waals surface area contributed by atoms with Crippen molar-refractivity contribution in [2.75, 3.05) is 5.73 Å². The Bertz CT molecular complexity index is 982. The van der Waals surface area contributed by atoms with Crippen molar-refractivity contribution in [3.63, 3.8) is 0 Å². The molecule has 0 saturated heterocycles. The van der Waals surface area contributed by atoms with E-state index in [2.05, 4.69) is 10.2 Å². The predicted octanol–water partition coefficient (Wildman–Crippen LogP) is 5.25. The van der Waals surface area contributed by atoms with E-state index in [0.717, 1.165) is 24.5 Å². The summed E-state index contributed by atoms with van der Waals surface area (Å²) in [4.78, 5) is 0. The highest BCUT2D eigenvalue weighted by atomic mass is 19.4. The molecule has 31 heavy (non-hydrogen) atoms. The first kappa shape index (κ1) is 21.7. The van der Waals surface area contributed by atoms with Crippen LogP contribution in [0.2, 0.25) is 0 Å². The Hall–Kier alpha value is -2.49. The molecule has 0 radical (unpaired) electrons. The Labute approximate surface area is 175 Å². The van der Waals surface area contributed by atoms with Gasteiger partial charge in [-0.25, -0.2) is 8.78 Å². The number of rotatable bonds is 1. The van der Waals surface area contributed by atoms with Crippen molar-refractivity contribution >= 4 is 5.82 Å². The van der Waals surface area contributed by atoms with Gasteiger partial charge in [-0.2, -0.15) is 13.2 Å². The molecule has 0 amide bonds. The molecular weight excluding hydrogens is 421 g/mol. The van der Waals surface area contributed by atoms with Gasteiger partial charge in [0, 0.05) is 30.4 Å². The number of aromatic nitrogens is 2. The highest BCUT2D eigenvalue weighted by Crippen LogP contribution is 2.49. The fourth-order valence-corrected chi connectivity index (χ4v) is 3.95. The zero-order valence-electron chi connectivity index (χ0n) is 16.6. The molecule has 3 N–H and O–H groups in total. The smallest absolute Gasteiger partial charge is 0.416 e. The Morgan fingerprint density at radius 3 is 2.19 bits per heavy atom. The Balaban J connectivity index is 0.000000282. The number of nitrogens with zero attached hydrogens (tertiary/aromatic N) is 2. The molecule has 5 nitrogen and oxygen atoms in total. The molecule has 3 aliphatic rings. The fourth-order valence-electron chi connectivity index (χ4n) is 3.95. The summed E-state index contributed by atoms with van der Waals surface area (Å²) < 4.78 is 68.0. The molecule has 1 aromatic carbocycles. The summed E-state index contributed by atoms with van der Waals surface area (Å²) in [7, 11) is 0. The second-order valence-electron chi connectivity index (χ2n) is 8.33. The summed E-state index contributed by atoms with van der Waals surface area (Å²) >= 11 is 0. The third-order valence-corrected chi connectivity index (χ3v) is 5.96. The monoisotopic (exact) mass is 443 g/mol. The zero-order valence-corrected chi connectivity index (χ0v) is 16.6. The molecule has 2 heterocycles. The van der Waals surface area contributed by atoms with Gasteiger partial charge in [0.1, 0.15) is 11.4 Å². The van der Waals surface area contributed by atoms with Crippen LogP contribution in [-0.4, -0.2) is 26.8 Å². The van der Waals surface area contributed by atoms with Crippen LogP contribution in [0.1, 0.15) is 55.2 Å². The summed E-state index contributed by atoms with van der Waals surface area (Å²) in [6, 6.07) is 2.84. The molecule has 1 aromatic heterocycles. The van der Waals surface area contributed by atoms with E-state index in [1.807, 2.05) is 0 Å². The van der Waals surface area contributed by atoms with Crippen molar-refractivity contribution in [1.29, 1.82) is 0 Å². The van der Waals surface area contributed by atoms with Crippen LogP contribution >= 0.6 is 0 Å². The van der Waals surface area contributed by atoms with E-state index in [9.17, 15) is 27.1 Å². The van der Waals surface area contributed by atoms with Crippen LogP contribution in [0.5, 0.6) is 5.75 Å². The Kier molecular flexibility index (Phi) is 5.31. The second-order valence-corrected chi connectivity index (χ2v) is 8.33. The number of phenolic OH excluding ortho intramolecular Hbond substituents is 1. The molecule has 10 heteroatoms. The summed E-state index contributed by atoms with van der Waals surface area (Å²) in [5.74, 6) is -2.54. The first-order valence-corrected chi connectivity index (χ1v) is 10.1. The number of alkyl halides is 5. The number of hydrogen-bond donors (Lipinski definition) is 2. The largest absolute Gasteiger partial charge is 0.507 e. The molecule has 1 aliphatic heterocycles. The Morgan fingerprint density at radius 1 is 1.00 bits per heavy atom. The third kappa shape index (κ3) is 4.58. The maximum atomic E-state index is 12.8. The lowest BCUT2D eigenvalue weighted by atomic mass is 9.93. The minimum absolute atomic E-state index is 0.118. The second kappa shape index (κ2) is 7.58. The van der Waals surface area contributed by atoms with Gasteiger partial charge in [0.15, 0.2) is 5.82 Å². The van der Waals surface area contributed by atoms with Crippen LogP contribution in [0.4, 0.5) is 27.8 Å². The van der Waals surface area contributed by atoms with Crippen molar-refractivity contribution in [3.05, 3.63) is 34.9 Å². The standard InChI is InChI=1S/C16H14F3N3O2.C5H8F2/c17-16(18,19)8-1-2-9(12(23)5-8)13-10-6-15(3-4-15)24-7-11(10)14(20)22-21-13;6-5(7)3-1-2-4-5/h1-2,5,23H,3-4,6-7H2,(H2,20,22);1-4H2. The maximum absolute atomic E-state index is 12.8. The first-order chi connectivity index (χ1) is 14.5. The molecule has 168 valence electrons. The molecule has 5 rings (SSSR count). The highest BCUT2D eigenvalue weighted by molar-refractivity contribution is 5.73. The Morgan fingerprint density at radius 2 is 1.68 bits per heavy atom. The van der Waals surface area contributed by atoms with Crippen molar-refractivity contribution in [2.45, 2.75) is 69.3 Å². The average molecular weight is 443 g/mol. The van der Waals surface area contributed by atoms with Crippen molar-refractivity contribution in [3.8, 4) is 17.0 Å². The van der Waals surface area contributed by atoms with Crippen LogP contribution in [0.3, 0.4) is 0 Å². The number of ether oxygens (including phenoxy) is 1. The summed E-state index contributed by atoms with van der Waals surface area (Å²) in [6.45, 7) is 0.297. The molecule has 1 spiro atoms. The number of hydrogen-bond acceptors (Lipinski definition) is 5. The molecule has 2 fully saturated rings. The lowest BCUT2D eigenvalue weighted by Crippen LogP contribution is -2.26. The van der Waals surface area contributed by atoms with Crippen molar-refractivity contribution in [2.24, 2.45) is 0 Å². The fraction of sp³-hybridized carbons (Fsp3) is 0.524. The van der Waals surface area contributed by atoms with Crippen LogP contribution in [0, 0.1) is 0 Å². The topological polar surface area (TPSA) is 81.3 Å². The number of phenols is 1. The van der Waals surface area contributed by atoms with E-state index in [1.54, 1.807) is 0 Å². The first-order valence-electron chi connectivity index (χ1n) is 10.1. The number of fused-ring (bicyclic) bond motifs is 1. The lowest BCUT2D eigenvalue weighted by Gasteiger charge is -2.27. The average Bonchev–Trinajstić information content (AvgIpc) is 3.31. The summed E-state index contributed by atoms with van der Waals surface area (Å²) in [6.07, 6.45) is -0.438. The van der Waals surface area contributed by atoms with Gasteiger partial charge < -0.3 is 15.6 Å². The van der Waals surface area contributed by atoms with Gasteiger partial charge in [-0.3, -0.25) is 0 Å². The van der Waals surface area contributed by atoms with E-state index in [1.165, 1.54) is 6.07 Å². The van der Waals surface area contributed by atoms with Crippen LogP contribution < -0.4 is 5.73 Å².